The smallest absolute Gasteiger partial charge is 0.306 e. The van der Waals surface area contributed by atoms with Crippen LogP contribution >= 0.6 is 0 Å². The fourth-order valence-corrected chi connectivity index (χ4v) is 7.67. The molecule has 410 valence electrons. The van der Waals surface area contributed by atoms with Gasteiger partial charge in [-0.1, -0.05) is 276 Å². The molecule has 6 heteroatoms. The van der Waals surface area contributed by atoms with E-state index < -0.39 is 6.10 Å². The predicted octanol–water partition coefficient (Wildman–Crippen LogP) is 20.0. The molecule has 0 N–H and O–H groups in total. The highest BCUT2D eigenvalue weighted by atomic mass is 16.6. The third-order valence-corrected chi connectivity index (χ3v) is 12.1. The number of carbonyl (C=O) groups is 3. The molecule has 0 spiro atoms. The Labute approximate surface area is 448 Å². The predicted molar refractivity (Wildman–Crippen MR) is 315 cm³/mol. The number of carbonyl (C=O) groups excluding carboxylic acids is 3. The van der Waals surface area contributed by atoms with Crippen molar-refractivity contribution in [3.05, 3.63) is 146 Å². The minimum atomic E-state index is -0.821. The molecule has 0 bridgehead atoms. The summed E-state index contributed by atoms with van der Waals surface area (Å²) in [4.78, 5) is 38.2. The van der Waals surface area contributed by atoms with Crippen LogP contribution in [0.1, 0.15) is 239 Å². The second-order valence-electron chi connectivity index (χ2n) is 19.1. The summed E-state index contributed by atoms with van der Waals surface area (Å²) >= 11 is 0. The van der Waals surface area contributed by atoms with Gasteiger partial charge in [0.25, 0.3) is 0 Å². The third kappa shape index (κ3) is 58.1. The first-order chi connectivity index (χ1) is 36.0. The molecule has 0 radical (unpaired) electrons. The zero-order chi connectivity index (χ0) is 52.9. The number of ether oxygens (including phenoxy) is 3. The van der Waals surface area contributed by atoms with Gasteiger partial charge in [0.1, 0.15) is 13.2 Å². The molecule has 0 saturated carbocycles. The van der Waals surface area contributed by atoms with Crippen molar-refractivity contribution in [2.45, 2.75) is 245 Å². The van der Waals surface area contributed by atoms with Gasteiger partial charge >= 0.3 is 17.9 Å². The molecular weight excluding hydrogens is 901 g/mol. The van der Waals surface area contributed by atoms with Crippen LogP contribution < -0.4 is 0 Å². The molecule has 0 aliphatic heterocycles. The average Bonchev–Trinajstić information content (AvgIpc) is 3.39. The van der Waals surface area contributed by atoms with Crippen LogP contribution in [0, 0.1) is 0 Å². The summed E-state index contributed by atoms with van der Waals surface area (Å²) in [7, 11) is 0. The Balaban J connectivity index is 4.58. The average molecular weight is 1010 g/mol. The highest BCUT2D eigenvalue weighted by molar-refractivity contribution is 5.71. The van der Waals surface area contributed by atoms with E-state index in [0.717, 1.165) is 109 Å². The summed E-state index contributed by atoms with van der Waals surface area (Å²) in [6, 6.07) is 0. The quantitative estimate of drug-likeness (QED) is 0.0199. The molecule has 6 nitrogen and oxygen atoms in total. The van der Waals surface area contributed by atoms with Gasteiger partial charge in [0.05, 0.1) is 0 Å². The Bertz CT molecular complexity index is 1630. The van der Waals surface area contributed by atoms with Crippen LogP contribution in [0.15, 0.2) is 146 Å². The molecule has 1 unspecified atom stereocenters. The Morgan fingerprint density at radius 2 is 0.548 bits per heavy atom. The van der Waals surface area contributed by atoms with E-state index >= 15 is 0 Å². The van der Waals surface area contributed by atoms with Crippen LogP contribution in [0.5, 0.6) is 0 Å². The summed E-state index contributed by atoms with van der Waals surface area (Å²) in [5, 5.41) is 0. The van der Waals surface area contributed by atoms with Crippen molar-refractivity contribution in [3.8, 4) is 0 Å². The number of hydrogen-bond donors (Lipinski definition) is 0. The van der Waals surface area contributed by atoms with E-state index in [9.17, 15) is 14.4 Å². The van der Waals surface area contributed by atoms with Crippen molar-refractivity contribution < 1.29 is 28.6 Å². The second kappa shape index (κ2) is 59.8. The van der Waals surface area contributed by atoms with E-state index in [0.29, 0.717) is 12.8 Å². The van der Waals surface area contributed by atoms with Crippen molar-refractivity contribution in [1.82, 2.24) is 0 Å². The van der Waals surface area contributed by atoms with Crippen molar-refractivity contribution in [3.63, 3.8) is 0 Å². The molecule has 0 aromatic heterocycles. The van der Waals surface area contributed by atoms with Crippen LogP contribution in [0.4, 0.5) is 0 Å². The molecule has 1 atom stereocenters. The Morgan fingerprint density at radius 1 is 0.288 bits per heavy atom. The topological polar surface area (TPSA) is 78.9 Å². The Kier molecular flexibility index (Phi) is 56.0. The summed E-state index contributed by atoms with van der Waals surface area (Å²) in [6.45, 7) is 6.39. The Morgan fingerprint density at radius 3 is 0.918 bits per heavy atom. The van der Waals surface area contributed by atoms with Crippen molar-refractivity contribution in [2.75, 3.05) is 13.2 Å². The lowest BCUT2D eigenvalue weighted by Crippen LogP contribution is -2.30. The highest BCUT2D eigenvalue weighted by Gasteiger charge is 2.19. The maximum Gasteiger partial charge on any atom is 0.306 e. The van der Waals surface area contributed by atoms with Crippen LogP contribution in [0.25, 0.3) is 0 Å². The van der Waals surface area contributed by atoms with E-state index in [2.05, 4.69) is 93.7 Å². The number of esters is 3. The van der Waals surface area contributed by atoms with E-state index in [1.54, 1.807) is 0 Å². The van der Waals surface area contributed by atoms with Gasteiger partial charge in [-0.25, -0.2) is 0 Å². The summed E-state index contributed by atoms with van der Waals surface area (Å²) in [6.07, 6.45) is 85.4. The first kappa shape index (κ1) is 68.3. The van der Waals surface area contributed by atoms with Crippen molar-refractivity contribution in [1.29, 1.82) is 0 Å². The fraction of sp³-hybridized carbons (Fsp3) is 0.597. The Hall–Kier alpha value is -4.71. The fourth-order valence-electron chi connectivity index (χ4n) is 7.67. The zero-order valence-corrected chi connectivity index (χ0v) is 46.8. The van der Waals surface area contributed by atoms with Gasteiger partial charge in [-0.2, -0.15) is 0 Å². The monoisotopic (exact) mass is 1010 g/mol. The molecule has 0 aliphatic rings. The maximum absolute atomic E-state index is 12.9. The van der Waals surface area contributed by atoms with Crippen LogP contribution in [-0.4, -0.2) is 37.2 Å². The molecule has 0 fully saturated rings. The molecule has 0 saturated heterocycles. The van der Waals surface area contributed by atoms with Crippen molar-refractivity contribution in [2.24, 2.45) is 0 Å². The van der Waals surface area contributed by atoms with E-state index in [-0.39, 0.29) is 37.5 Å². The van der Waals surface area contributed by atoms with E-state index in [1.165, 1.54) is 89.9 Å². The molecule has 0 aromatic rings. The molecule has 73 heavy (non-hydrogen) atoms. The number of rotatable bonds is 51. The molecule has 0 aromatic carbocycles. The van der Waals surface area contributed by atoms with Crippen molar-refractivity contribution >= 4 is 17.9 Å². The van der Waals surface area contributed by atoms with Crippen LogP contribution in [0.3, 0.4) is 0 Å². The van der Waals surface area contributed by atoms with Gasteiger partial charge in [-0.3, -0.25) is 14.4 Å². The van der Waals surface area contributed by atoms with E-state index in [1.807, 2.05) is 72.9 Å². The maximum atomic E-state index is 12.9. The molecule has 0 heterocycles. The zero-order valence-electron chi connectivity index (χ0n) is 46.8. The molecule has 0 rings (SSSR count). The standard InChI is InChI=1S/C67H106O6/c1-4-7-10-13-16-19-22-25-28-31-34-37-39-42-45-48-51-54-57-60-66(69)72-63-64(73-67(70)61-58-55-52-49-46-43-40-36-33-30-27-24-21-18-15-12-9-6-3)62-71-65(68)59-56-53-50-47-44-41-38-35-32-29-26-23-20-17-14-11-8-5-2/h7,10,13,16,18-19,21-22,24-25,27-28,30-31,33-40,42,45,64H,4-6,8-9,11-12,14-15,17,20,23,26,29,32,41,43-44,46-63H2,1-3H3/b10-7-,16-13-,21-18-,22-19-,27-24-,28-25-,33-30-,34-31+,38-35-,39-37-,40-36-,45-42-. The van der Waals surface area contributed by atoms with Gasteiger partial charge in [-0.05, 0) is 89.9 Å². The molecular formula is C67H106O6. The van der Waals surface area contributed by atoms with Gasteiger partial charge in [-0.15, -0.1) is 0 Å². The van der Waals surface area contributed by atoms with E-state index in [4.69, 9.17) is 14.2 Å². The lowest BCUT2D eigenvalue weighted by Gasteiger charge is -2.18. The minimum Gasteiger partial charge on any atom is -0.462 e. The third-order valence-electron chi connectivity index (χ3n) is 12.1. The second-order valence-corrected chi connectivity index (χ2v) is 19.1. The SMILES string of the molecule is CC\C=C/C=C\C=C/C=C\C=C\C=C/C=C\CCCCCC(=O)OCC(COC(=O)CCCCCCC/C=C\CCCCCCCCCCC)OC(=O)CCCCCCC\C=C/C=C\C=C/C=C\CCCCC. The lowest BCUT2D eigenvalue weighted by atomic mass is 10.1. The molecule has 0 aliphatic carbocycles. The largest absolute Gasteiger partial charge is 0.462 e. The highest BCUT2D eigenvalue weighted by Crippen LogP contribution is 2.14. The van der Waals surface area contributed by atoms with Crippen LogP contribution in [-0.2, 0) is 28.6 Å². The van der Waals surface area contributed by atoms with Gasteiger partial charge in [0, 0.05) is 19.3 Å². The first-order valence-electron chi connectivity index (χ1n) is 29.5. The van der Waals surface area contributed by atoms with Gasteiger partial charge in [0.2, 0.25) is 0 Å². The number of hydrogen-bond acceptors (Lipinski definition) is 6. The van der Waals surface area contributed by atoms with Gasteiger partial charge < -0.3 is 14.2 Å². The van der Waals surface area contributed by atoms with Gasteiger partial charge in [0.15, 0.2) is 6.10 Å². The number of unbranched alkanes of at least 4 members (excludes halogenated alkanes) is 25. The minimum absolute atomic E-state index is 0.113. The molecule has 0 amide bonds. The summed E-state index contributed by atoms with van der Waals surface area (Å²) < 4.78 is 16.8. The first-order valence-corrected chi connectivity index (χ1v) is 29.5. The summed E-state index contributed by atoms with van der Waals surface area (Å²) in [5.74, 6) is -0.994. The number of allylic oxidation sites excluding steroid dienone is 24. The summed E-state index contributed by atoms with van der Waals surface area (Å²) in [5.41, 5.74) is 0. The normalized spacial score (nSPS) is 13.2. The lowest BCUT2D eigenvalue weighted by molar-refractivity contribution is -0.167. The van der Waals surface area contributed by atoms with Crippen LogP contribution in [0.2, 0.25) is 0 Å².